The molecule has 1 aromatic carbocycles. The first-order chi connectivity index (χ1) is 9.72. The van der Waals surface area contributed by atoms with Crippen LogP contribution in [0.5, 0.6) is 0 Å². The van der Waals surface area contributed by atoms with Gasteiger partial charge in [0, 0.05) is 18.8 Å². The second kappa shape index (κ2) is 7.13. The fraction of sp³-hybridized carbons (Fsp3) is 0.471. The number of para-hydroxylation sites is 1. The Morgan fingerprint density at radius 3 is 2.65 bits per heavy atom. The first-order valence-electron chi connectivity index (χ1n) is 7.36. The Balaban J connectivity index is 2.10. The van der Waals surface area contributed by atoms with Gasteiger partial charge in [-0.15, -0.1) is 6.58 Å². The van der Waals surface area contributed by atoms with Crippen molar-refractivity contribution in [1.29, 1.82) is 0 Å². The molecule has 0 amide bonds. The minimum absolute atomic E-state index is 0.195. The molecule has 1 aliphatic carbocycles. The maximum atomic E-state index is 11.4. The van der Waals surface area contributed by atoms with Gasteiger partial charge in [-0.1, -0.05) is 37.1 Å². The molecule has 0 saturated heterocycles. The molecule has 3 nitrogen and oxygen atoms in total. The molecule has 2 rings (SSSR count). The number of rotatable bonds is 6. The smallest absolute Gasteiger partial charge is 0.306 e. The first-order valence-corrected chi connectivity index (χ1v) is 7.36. The highest BCUT2D eigenvalue weighted by molar-refractivity contribution is 5.70. The molecule has 108 valence electrons. The highest BCUT2D eigenvalue weighted by Crippen LogP contribution is 2.32. The highest BCUT2D eigenvalue weighted by Gasteiger charge is 2.31. The highest BCUT2D eigenvalue weighted by atomic mass is 16.4. The number of aliphatic carboxylic acids is 1. The van der Waals surface area contributed by atoms with Crippen LogP contribution in [0.4, 0.5) is 5.69 Å². The standard InChI is InChI=1S/C17H23NO2/c1-2-12-18(15-9-4-3-5-10-15)13-14-8-6-7-11-16(14)17(19)20/h2-5,9-10,14,16H,1,6-8,11-13H2,(H,19,20)/t14-,16+/m1/s1. The molecular weight excluding hydrogens is 250 g/mol. The zero-order valence-corrected chi connectivity index (χ0v) is 11.9. The number of carbonyl (C=O) groups is 1. The van der Waals surface area contributed by atoms with Crippen molar-refractivity contribution >= 4 is 11.7 Å². The van der Waals surface area contributed by atoms with Crippen LogP contribution in [0, 0.1) is 11.8 Å². The van der Waals surface area contributed by atoms with E-state index in [4.69, 9.17) is 0 Å². The molecule has 0 bridgehead atoms. The lowest BCUT2D eigenvalue weighted by Crippen LogP contribution is -2.37. The maximum absolute atomic E-state index is 11.4. The van der Waals surface area contributed by atoms with Crippen LogP contribution in [0.25, 0.3) is 0 Å². The molecule has 1 fully saturated rings. The summed E-state index contributed by atoms with van der Waals surface area (Å²) in [6.45, 7) is 5.37. The van der Waals surface area contributed by atoms with Gasteiger partial charge in [-0.2, -0.15) is 0 Å². The van der Waals surface area contributed by atoms with E-state index < -0.39 is 5.97 Å². The number of benzene rings is 1. The van der Waals surface area contributed by atoms with Gasteiger partial charge in [-0.25, -0.2) is 0 Å². The molecule has 0 spiro atoms. The van der Waals surface area contributed by atoms with Crippen LogP contribution in [0.1, 0.15) is 25.7 Å². The zero-order valence-electron chi connectivity index (χ0n) is 11.9. The lowest BCUT2D eigenvalue weighted by molar-refractivity contribution is -0.144. The summed E-state index contributed by atoms with van der Waals surface area (Å²) in [5.74, 6) is -0.595. The van der Waals surface area contributed by atoms with Crippen LogP contribution < -0.4 is 4.90 Å². The van der Waals surface area contributed by atoms with E-state index in [1.54, 1.807) is 0 Å². The molecule has 20 heavy (non-hydrogen) atoms. The Morgan fingerprint density at radius 2 is 2.00 bits per heavy atom. The van der Waals surface area contributed by atoms with Crippen molar-refractivity contribution < 1.29 is 9.90 Å². The van der Waals surface area contributed by atoms with Gasteiger partial charge < -0.3 is 10.0 Å². The van der Waals surface area contributed by atoms with Crippen molar-refractivity contribution in [2.24, 2.45) is 11.8 Å². The number of nitrogens with zero attached hydrogens (tertiary/aromatic N) is 1. The van der Waals surface area contributed by atoms with Gasteiger partial charge >= 0.3 is 5.97 Å². The maximum Gasteiger partial charge on any atom is 0.306 e. The lowest BCUT2D eigenvalue weighted by Gasteiger charge is -2.34. The van der Waals surface area contributed by atoms with E-state index in [1.165, 1.54) is 0 Å². The molecule has 3 heteroatoms. The molecule has 2 atom stereocenters. The molecule has 0 aliphatic heterocycles. The van der Waals surface area contributed by atoms with E-state index in [1.807, 2.05) is 24.3 Å². The number of hydrogen-bond donors (Lipinski definition) is 1. The summed E-state index contributed by atoms with van der Waals surface area (Å²) >= 11 is 0. The Labute approximate surface area is 120 Å². The summed E-state index contributed by atoms with van der Waals surface area (Å²) in [6.07, 6.45) is 5.89. The van der Waals surface area contributed by atoms with Gasteiger partial charge in [0.05, 0.1) is 5.92 Å². The van der Waals surface area contributed by atoms with Crippen LogP contribution in [0.2, 0.25) is 0 Å². The van der Waals surface area contributed by atoms with Crippen LogP contribution in [0.3, 0.4) is 0 Å². The monoisotopic (exact) mass is 273 g/mol. The van der Waals surface area contributed by atoms with Crippen molar-refractivity contribution in [3.05, 3.63) is 43.0 Å². The number of carboxylic acids is 1. The predicted molar refractivity (Wildman–Crippen MR) is 81.9 cm³/mol. The molecule has 1 aliphatic rings. The summed E-state index contributed by atoms with van der Waals surface area (Å²) < 4.78 is 0. The lowest BCUT2D eigenvalue weighted by atomic mass is 9.79. The SMILES string of the molecule is C=CCN(C[C@H]1CCCC[C@@H]1C(=O)O)c1ccccc1. The quantitative estimate of drug-likeness (QED) is 0.805. The summed E-state index contributed by atoms with van der Waals surface area (Å²) in [6, 6.07) is 10.2. The molecule has 0 unspecified atom stereocenters. The van der Waals surface area contributed by atoms with E-state index in [-0.39, 0.29) is 11.8 Å². The van der Waals surface area contributed by atoms with Crippen LogP contribution >= 0.6 is 0 Å². The van der Waals surface area contributed by atoms with Gasteiger partial charge in [0.2, 0.25) is 0 Å². The minimum atomic E-state index is -0.638. The number of anilines is 1. The topological polar surface area (TPSA) is 40.5 Å². The Kier molecular flexibility index (Phi) is 5.22. The first kappa shape index (κ1) is 14.6. The predicted octanol–water partition coefficient (Wildman–Crippen LogP) is 3.57. The molecular formula is C17H23NO2. The average Bonchev–Trinajstić information content (AvgIpc) is 2.48. The fourth-order valence-corrected chi connectivity index (χ4v) is 3.11. The van der Waals surface area contributed by atoms with Gasteiger partial charge in [0.15, 0.2) is 0 Å². The van der Waals surface area contributed by atoms with Crippen molar-refractivity contribution in [3.63, 3.8) is 0 Å². The van der Waals surface area contributed by atoms with Gasteiger partial charge in [-0.05, 0) is 30.9 Å². The van der Waals surface area contributed by atoms with Crippen LogP contribution in [-0.4, -0.2) is 24.2 Å². The molecule has 0 radical (unpaired) electrons. The van der Waals surface area contributed by atoms with Crippen LogP contribution in [-0.2, 0) is 4.79 Å². The fourth-order valence-electron chi connectivity index (χ4n) is 3.11. The molecule has 1 aromatic rings. The second-order valence-electron chi connectivity index (χ2n) is 5.52. The van der Waals surface area contributed by atoms with Gasteiger partial charge in [0.25, 0.3) is 0 Å². The van der Waals surface area contributed by atoms with Gasteiger partial charge in [0.1, 0.15) is 0 Å². The van der Waals surface area contributed by atoms with E-state index in [9.17, 15) is 9.90 Å². The van der Waals surface area contributed by atoms with E-state index >= 15 is 0 Å². The zero-order chi connectivity index (χ0) is 14.4. The Morgan fingerprint density at radius 1 is 1.30 bits per heavy atom. The third-order valence-electron chi connectivity index (χ3n) is 4.15. The molecule has 0 aromatic heterocycles. The molecule has 1 saturated carbocycles. The third-order valence-corrected chi connectivity index (χ3v) is 4.15. The van der Waals surface area contributed by atoms with Crippen molar-refractivity contribution in [3.8, 4) is 0 Å². The van der Waals surface area contributed by atoms with E-state index in [2.05, 4.69) is 23.6 Å². The normalized spacial score (nSPS) is 22.2. The summed E-state index contributed by atoms with van der Waals surface area (Å²) in [7, 11) is 0. The number of hydrogen-bond acceptors (Lipinski definition) is 2. The van der Waals surface area contributed by atoms with Crippen molar-refractivity contribution in [2.75, 3.05) is 18.0 Å². The van der Waals surface area contributed by atoms with E-state index in [0.717, 1.165) is 44.5 Å². The summed E-state index contributed by atoms with van der Waals surface area (Å²) in [5.41, 5.74) is 1.14. The minimum Gasteiger partial charge on any atom is -0.481 e. The number of carboxylic acid groups (broad SMARTS) is 1. The van der Waals surface area contributed by atoms with Crippen molar-refractivity contribution in [2.45, 2.75) is 25.7 Å². The largest absolute Gasteiger partial charge is 0.481 e. The van der Waals surface area contributed by atoms with E-state index in [0.29, 0.717) is 0 Å². The second-order valence-corrected chi connectivity index (χ2v) is 5.52. The Hall–Kier alpha value is -1.77. The summed E-state index contributed by atoms with van der Waals surface area (Å²) in [4.78, 5) is 13.6. The third kappa shape index (κ3) is 3.62. The average molecular weight is 273 g/mol. The summed E-state index contributed by atoms with van der Waals surface area (Å²) in [5, 5.41) is 9.38. The molecule has 1 N–H and O–H groups in total. The van der Waals surface area contributed by atoms with Crippen LogP contribution in [0.15, 0.2) is 43.0 Å². The van der Waals surface area contributed by atoms with Crippen molar-refractivity contribution in [1.82, 2.24) is 0 Å². The molecule has 0 heterocycles. The van der Waals surface area contributed by atoms with Gasteiger partial charge in [-0.3, -0.25) is 4.79 Å². The Bertz CT molecular complexity index is 444.